The molecule has 2 aromatic rings. The van der Waals surface area contributed by atoms with E-state index in [1.807, 2.05) is 0 Å². The summed E-state index contributed by atoms with van der Waals surface area (Å²) in [5, 5.41) is 22.6. The van der Waals surface area contributed by atoms with Crippen molar-refractivity contribution in [2.75, 3.05) is 45.2 Å². The fraction of sp³-hybridized carbons (Fsp3) is 0.514. The number of quaternary nitrogens is 1. The maximum atomic E-state index is 13.9. The highest BCUT2D eigenvalue weighted by Gasteiger charge is 2.41. The van der Waals surface area contributed by atoms with Crippen LogP contribution in [-0.4, -0.2) is 61.6 Å². The number of anilines is 1. The molecule has 45 heavy (non-hydrogen) atoms. The van der Waals surface area contributed by atoms with E-state index < -0.39 is 23.8 Å². The summed E-state index contributed by atoms with van der Waals surface area (Å²) in [4.78, 5) is 21.0. The molecule has 1 saturated carbocycles. The molecule has 240 valence electrons. The number of benzene rings is 2. The molecule has 0 radical (unpaired) electrons. The molecule has 2 heterocycles. The highest BCUT2D eigenvalue weighted by molar-refractivity contribution is 6.05. The first-order valence-corrected chi connectivity index (χ1v) is 16.0. The molecule has 0 spiro atoms. The second kappa shape index (κ2) is 13.7. The third-order valence-electron chi connectivity index (χ3n) is 9.47. The van der Waals surface area contributed by atoms with E-state index in [9.17, 15) is 28.3 Å². The van der Waals surface area contributed by atoms with Crippen LogP contribution >= 0.6 is 0 Å². The van der Waals surface area contributed by atoms with Gasteiger partial charge in [0.25, 0.3) is 5.91 Å². The van der Waals surface area contributed by atoms with E-state index in [2.05, 4.69) is 25.2 Å². The number of halogens is 3. The molecule has 1 atom stereocenters. The van der Waals surface area contributed by atoms with E-state index in [0.717, 1.165) is 53.4 Å². The van der Waals surface area contributed by atoms with Crippen LogP contribution in [0.2, 0.25) is 0 Å². The zero-order valence-electron chi connectivity index (χ0n) is 26.2. The van der Waals surface area contributed by atoms with Crippen molar-refractivity contribution in [3.05, 3.63) is 76.5 Å². The average molecular weight is 622 g/mol. The minimum atomic E-state index is -4.59. The Morgan fingerprint density at radius 2 is 1.73 bits per heavy atom. The van der Waals surface area contributed by atoms with Gasteiger partial charge in [-0.1, -0.05) is 50.3 Å². The lowest BCUT2D eigenvalue weighted by molar-refractivity contribution is -0.890. The molecule has 10 heteroatoms. The number of alkyl halides is 3. The molecule has 1 unspecified atom stereocenters. The van der Waals surface area contributed by atoms with Crippen molar-refractivity contribution >= 4 is 17.6 Å². The Morgan fingerprint density at radius 1 is 1.02 bits per heavy atom. The first kappa shape index (κ1) is 32.6. The molecule has 0 saturated heterocycles. The first-order valence-electron chi connectivity index (χ1n) is 16.0. The Kier molecular flexibility index (Phi) is 9.88. The molecule has 2 aliphatic heterocycles. The first-order chi connectivity index (χ1) is 21.5. The van der Waals surface area contributed by atoms with Crippen LogP contribution in [0.25, 0.3) is 0 Å². The predicted molar refractivity (Wildman–Crippen MR) is 166 cm³/mol. The standard InChI is InChI=1S/C35H42F3N5O2/c1-43(2,21-9-12-25-10-4-3-5-11-25)20-7-6-19-41-24-30-31(33(41)44)32(27-17-15-26(23-39)16-18-27)40-34(45)42(30)29-14-8-13-28(22-29)35(36,37)38/h8,13-18,22,25,32H,3-7,9-12,19-21,24H2,1-2H3. The molecule has 1 amide bonds. The molecule has 0 N–H and O–H groups in total. The predicted octanol–water partition coefficient (Wildman–Crippen LogP) is 6.17. The third-order valence-corrected chi connectivity index (χ3v) is 9.47. The summed E-state index contributed by atoms with van der Waals surface area (Å²) in [6.45, 7) is 2.69. The van der Waals surface area contributed by atoms with Gasteiger partial charge >= 0.3 is 6.18 Å². The Hall–Kier alpha value is -3.84. The number of carbonyl (C=O) groups is 1. The van der Waals surface area contributed by atoms with E-state index in [4.69, 9.17) is 0 Å². The molecular weight excluding hydrogens is 579 g/mol. The molecule has 1 aliphatic carbocycles. The van der Waals surface area contributed by atoms with Crippen LogP contribution in [0.5, 0.6) is 0 Å². The van der Waals surface area contributed by atoms with Gasteiger partial charge in [0.05, 0.1) is 68.2 Å². The number of nitrogens with zero attached hydrogens (tertiary/aromatic N) is 5. The monoisotopic (exact) mass is 621 g/mol. The number of carbonyl (C=O) groups excluding carboxylic acids is 1. The van der Waals surface area contributed by atoms with E-state index in [1.54, 1.807) is 29.2 Å². The number of aliphatic imine (C=N–C) groups is 1. The SMILES string of the molecule is C[N+](C)(CCCCN1CC2=C(C1=O)C(c1ccc(C#N)cc1)N=C([O-])N2c1cccc(C(F)(F)F)c1)CCCC1CCCCC1. The topological polar surface area (TPSA) is 82.8 Å². The van der Waals surface area contributed by atoms with Gasteiger partial charge in [-0.15, -0.1) is 0 Å². The molecular formula is C35H42F3N5O2. The van der Waals surface area contributed by atoms with Crippen LogP contribution in [0.15, 0.2) is 64.8 Å². The lowest BCUT2D eigenvalue weighted by atomic mass is 9.86. The summed E-state index contributed by atoms with van der Waals surface area (Å²) in [5.41, 5.74) is 0.774. The van der Waals surface area contributed by atoms with Crippen molar-refractivity contribution in [2.24, 2.45) is 10.9 Å². The Bertz CT molecular complexity index is 1470. The number of nitriles is 1. The molecule has 2 aromatic carbocycles. The number of amidine groups is 1. The van der Waals surface area contributed by atoms with Crippen molar-refractivity contribution < 1.29 is 27.6 Å². The Labute approximate surface area is 263 Å². The van der Waals surface area contributed by atoms with Gasteiger partial charge in [0.1, 0.15) is 6.04 Å². The van der Waals surface area contributed by atoms with Gasteiger partial charge in [0, 0.05) is 12.2 Å². The molecule has 0 bridgehead atoms. The maximum Gasteiger partial charge on any atom is 0.416 e. The van der Waals surface area contributed by atoms with Gasteiger partial charge in [-0.25, -0.2) is 0 Å². The summed E-state index contributed by atoms with van der Waals surface area (Å²) in [6.07, 6.45) is 6.46. The molecule has 1 fully saturated rings. The summed E-state index contributed by atoms with van der Waals surface area (Å²) >= 11 is 0. The van der Waals surface area contributed by atoms with Crippen molar-refractivity contribution in [1.82, 2.24) is 4.90 Å². The van der Waals surface area contributed by atoms with Crippen LogP contribution < -0.4 is 10.0 Å². The van der Waals surface area contributed by atoms with Gasteiger partial charge in [-0.2, -0.15) is 18.4 Å². The summed E-state index contributed by atoms with van der Waals surface area (Å²) in [6, 6.07) is 11.5. The fourth-order valence-corrected chi connectivity index (χ4v) is 6.93. The van der Waals surface area contributed by atoms with E-state index in [1.165, 1.54) is 57.1 Å². The summed E-state index contributed by atoms with van der Waals surface area (Å²) < 4.78 is 41.6. The number of rotatable bonds is 11. The van der Waals surface area contributed by atoms with E-state index in [-0.39, 0.29) is 23.7 Å². The second-order valence-corrected chi connectivity index (χ2v) is 13.3. The van der Waals surface area contributed by atoms with Gasteiger partial charge < -0.3 is 19.4 Å². The average Bonchev–Trinajstić information content (AvgIpc) is 3.34. The van der Waals surface area contributed by atoms with Crippen molar-refractivity contribution in [1.29, 1.82) is 5.26 Å². The van der Waals surface area contributed by atoms with E-state index >= 15 is 0 Å². The minimum Gasteiger partial charge on any atom is -0.846 e. The van der Waals surface area contributed by atoms with Crippen molar-refractivity contribution in [3.8, 4) is 6.07 Å². The highest BCUT2D eigenvalue weighted by Crippen LogP contribution is 2.41. The zero-order valence-corrected chi connectivity index (χ0v) is 26.2. The quantitative estimate of drug-likeness (QED) is 0.222. The maximum absolute atomic E-state index is 13.9. The number of hydrogen-bond donors (Lipinski definition) is 0. The molecule has 7 nitrogen and oxygen atoms in total. The highest BCUT2D eigenvalue weighted by atomic mass is 19.4. The number of unbranched alkanes of at least 4 members (excludes halogenated alkanes) is 1. The largest absolute Gasteiger partial charge is 0.846 e. The normalized spacial score (nSPS) is 19.5. The van der Waals surface area contributed by atoms with Gasteiger partial charge in [0.15, 0.2) is 0 Å². The summed E-state index contributed by atoms with van der Waals surface area (Å²) in [5.74, 6) is 0.606. The molecule has 3 aliphatic rings. The Balaban J connectivity index is 1.29. The van der Waals surface area contributed by atoms with Crippen LogP contribution in [-0.2, 0) is 11.0 Å². The Morgan fingerprint density at radius 3 is 2.42 bits per heavy atom. The fourth-order valence-electron chi connectivity index (χ4n) is 6.93. The number of hydrogen-bond acceptors (Lipinski definition) is 5. The van der Waals surface area contributed by atoms with Crippen molar-refractivity contribution in [3.63, 3.8) is 0 Å². The molecule has 0 aromatic heterocycles. The lowest BCUT2D eigenvalue weighted by Gasteiger charge is -2.36. The van der Waals surface area contributed by atoms with Gasteiger partial charge in [-0.05, 0) is 67.5 Å². The third kappa shape index (κ3) is 7.70. The number of amides is 1. The zero-order chi connectivity index (χ0) is 32.2. The van der Waals surface area contributed by atoms with Crippen LogP contribution in [0.4, 0.5) is 18.9 Å². The smallest absolute Gasteiger partial charge is 0.416 e. The summed E-state index contributed by atoms with van der Waals surface area (Å²) in [7, 11) is 4.51. The van der Waals surface area contributed by atoms with E-state index in [0.29, 0.717) is 23.4 Å². The van der Waals surface area contributed by atoms with Crippen LogP contribution in [0.3, 0.4) is 0 Å². The van der Waals surface area contributed by atoms with Gasteiger partial charge in [-0.3, -0.25) is 9.79 Å². The van der Waals surface area contributed by atoms with Crippen molar-refractivity contribution in [2.45, 2.75) is 70.0 Å². The van der Waals surface area contributed by atoms with Crippen LogP contribution in [0.1, 0.15) is 80.5 Å². The van der Waals surface area contributed by atoms with Crippen LogP contribution in [0, 0.1) is 17.2 Å². The molecule has 5 rings (SSSR count). The minimum absolute atomic E-state index is 0.0197. The van der Waals surface area contributed by atoms with Gasteiger partial charge in [0.2, 0.25) is 0 Å². The lowest BCUT2D eigenvalue weighted by Crippen LogP contribution is -2.44. The second-order valence-electron chi connectivity index (χ2n) is 13.3.